The summed E-state index contributed by atoms with van der Waals surface area (Å²) in [7, 11) is 0. The summed E-state index contributed by atoms with van der Waals surface area (Å²) in [6.07, 6.45) is 3.59. The van der Waals surface area contributed by atoms with Crippen molar-refractivity contribution >= 4 is 23.2 Å². The molecule has 4 rings (SSSR count). The summed E-state index contributed by atoms with van der Waals surface area (Å²) in [6, 6.07) is 12.9. The predicted molar refractivity (Wildman–Crippen MR) is 94.9 cm³/mol. The molecule has 25 heavy (non-hydrogen) atoms. The van der Waals surface area contributed by atoms with Crippen molar-refractivity contribution in [2.75, 3.05) is 11.9 Å². The number of anilines is 1. The SMILES string of the molecule is O=C(Nc1ccc(-c2cnco2)c(Cl)c1)C1CCOc2ccccc21. The van der Waals surface area contributed by atoms with Gasteiger partial charge in [0, 0.05) is 16.8 Å². The number of nitrogens with one attached hydrogen (secondary N) is 1. The van der Waals surface area contributed by atoms with Gasteiger partial charge in [-0.3, -0.25) is 4.79 Å². The lowest BCUT2D eigenvalue weighted by Crippen LogP contribution is -2.26. The molecule has 1 N–H and O–H groups in total. The molecule has 1 aliphatic heterocycles. The van der Waals surface area contributed by atoms with E-state index in [2.05, 4.69) is 10.3 Å². The lowest BCUT2D eigenvalue weighted by atomic mass is 9.92. The summed E-state index contributed by atoms with van der Waals surface area (Å²) >= 11 is 6.31. The second-order valence-corrected chi connectivity index (χ2v) is 6.18. The van der Waals surface area contributed by atoms with E-state index in [0.29, 0.717) is 29.5 Å². The number of carbonyl (C=O) groups excluding carboxylic acids is 1. The van der Waals surface area contributed by atoms with E-state index in [1.54, 1.807) is 24.4 Å². The Morgan fingerprint density at radius 3 is 2.92 bits per heavy atom. The van der Waals surface area contributed by atoms with Crippen molar-refractivity contribution in [2.45, 2.75) is 12.3 Å². The number of ether oxygens (including phenoxy) is 1. The van der Waals surface area contributed by atoms with Crippen LogP contribution in [0.3, 0.4) is 0 Å². The molecule has 0 spiro atoms. The third-order valence-corrected chi connectivity index (χ3v) is 4.52. The average Bonchev–Trinajstić information content (AvgIpc) is 3.15. The van der Waals surface area contributed by atoms with Crippen LogP contribution in [0, 0.1) is 0 Å². The van der Waals surface area contributed by atoms with Gasteiger partial charge in [-0.1, -0.05) is 29.8 Å². The zero-order chi connectivity index (χ0) is 17.2. The molecule has 1 atom stereocenters. The van der Waals surface area contributed by atoms with E-state index < -0.39 is 0 Å². The molecule has 2 aromatic carbocycles. The van der Waals surface area contributed by atoms with Gasteiger partial charge in [-0.25, -0.2) is 4.98 Å². The maximum absolute atomic E-state index is 12.7. The van der Waals surface area contributed by atoms with Gasteiger partial charge in [0.2, 0.25) is 5.91 Å². The molecule has 0 aliphatic carbocycles. The van der Waals surface area contributed by atoms with Crippen molar-refractivity contribution in [1.82, 2.24) is 4.98 Å². The van der Waals surface area contributed by atoms with Gasteiger partial charge in [-0.05, 0) is 30.7 Å². The second-order valence-electron chi connectivity index (χ2n) is 5.78. The van der Waals surface area contributed by atoms with E-state index in [-0.39, 0.29) is 11.8 Å². The molecule has 1 aromatic heterocycles. The molecule has 0 saturated heterocycles. The molecule has 1 aliphatic rings. The summed E-state index contributed by atoms with van der Waals surface area (Å²) in [5.41, 5.74) is 2.28. The summed E-state index contributed by atoms with van der Waals surface area (Å²) in [6.45, 7) is 0.528. The molecule has 0 bridgehead atoms. The third kappa shape index (κ3) is 3.10. The van der Waals surface area contributed by atoms with E-state index in [1.165, 1.54) is 6.39 Å². The first-order chi connectivity index (χ1) is 12.2. The van der Waals surface area contributed by atoms with Gasteiger partial charge in [0.05, 0.1) is 23.7 Å². The number of oxazole rings is 1. The van der Waals surface area contributed by atoms with Gasteiger partial charge in [-0.2, -0.15) is 0 Å². The van der Waals surface area contributed by atoms with Gasteiger partial charge in [0.1, 0.15) is 5.75 Å². The maximum Gasteiger partial charge on any atom is 0.232 e. The number of halogens is 1. The number of aromatic nitrogens is 1. The summed E-state index contributed by atoms with van der Waals surface area (Å²) in [5.74, 6) is 1.05. The van der Waals surface area contributed by atoms with Crippen LogP contribution in [-0.2, 0) is 4.79 Å². The van der Waals surface area contributed by atoms with Crippen molar-refractivity contribution in [3.8, 4) is 17.1 Å². The first-order valence-corrected chi connectivity index (χ1v) is 8.31. The highest BCUT2D eigenvalue weighted by Crippen LogP contribution is 2.35. The minimum Gasteiger partial charge on any atom is -0.493 e. The quantitative estimate of drug-likeness (QED) is 0.752. The van der Waals surface area contributed by atoms with Crippen LogP contribution in [0.2, 0.25) is 5.02 Å². The Labute approximate surface area is 149 Å². The van der Waals surface area contributed by atoms with Crippen LogP contribution >= 0.6 is 11.6 Å². The largest absolute Gasteiger partial charge is 0.493 e. The van der Waals surface area contributed by atoms with Crippen molar-refractivity contribution < 1.29 is 13.9 Å². The summed E-state index contributed by atoms with van der Waals surface area (Å²) in [4.78, 5) is 16.6. The molecule has 5 nitrogen and oxygen atoms in total. The Morgan fingerprint density at radius 1 is 1.24 bits per heavy atom. The Balaban J connectivity index is 1.55. The maximum atomic E-state index is 12.7. The Bertz CT molecular complexity index is 909. The van der Waals surface area contributed by atoms with Crippen molar-refractivity contribution in [2.24, 2.45) is 0 Å². The highest BCUT2D eigenvalue weighted by Gasteiger charge is 2.27. The third-order valence-electron chi connectivity index (χ3n) is 4.21. The highest BCUT2D eigenvalue weighted by molar-refractivity contribution is 6.33. The zero-order valence-corrected chi connectivity index (χ0v) is 14.0. The van der Waals surface area contributed by atoms with Crippen molar-refractivity contribution in [3.63, 3.8) is 0 Å². The Morgan fingerprint density at radius 2 is 2.12 bits per heavy atom. The van der Waals surface area contributed by atoms with Crippen molar-refractivity contribution in [1.29, 1.82) is 0 Å². The van der Waals surface area contributed by atoms with Crippen molar-refractivity contribution in [3.05, 3.63) is 65.6 Å². The Hall–Kier alpha value is -2.79. The number of para-hydroxylation sites is 1. The smallest absolute Gasteiger partial charge is 0.232 e. The van der Waals surface area contributed by atoms with E-state index >= 15 is 0 Å². The molecule has 0 radical (unpaired) electrons. The number of hydrogen-bond acceptors (Lipinski definition) is 4. The van der Waals surface area contributed by atoms with Crippen LogP contribution < -0.4 is 10.1 Å². The topological polar surface area (TPSA) is 64.4 Å². The fourth-order valence-electron chi connectivity index (χ4n) is 2.99. The van der Waals surface area contributed by atoms with E-state index in [1.807, 2.05) is 24.3 Å². The monoisotopic (exact) mass is 354 g/mol. The standard InChI is InChI=1S/C19H15ClN2O3/c20-16-9-12(5-6-15(16)18-10-21-11-25-18)22-19(23)14-7-8-24-17-4-2-1-3-13(14)17/h1-6,9-11,14H,7-8H2,(H,22,23). The van der Waals surface area contributed by atoms with Crippen LogP contribution in [0.25, 0.3) is 11.3 Å². The predicted octanol–water partition coefficient (Wildman–Crippen LogP) is 4.50. The molecule has 6 heteroatoms. The number of rotatable bonds is 3. The van der Waals surface area contributed by atoms with E-state index in [4.69, 9.17) is 20.8 Å². The van der Waals surface area contributed by atoms with Gasteiger partial charge < -0.3 is 14.5 Å². The fraction of sp³-hybridized carbons (Fsp3) is 0.158. The summed E-state index contributed by atoms with van der Waals surface area (Å²) in [5, 5.41) is 3.43. The van der Waals surface area contributed by atoms with Crippen LogP contribution in [0.15, 0.2) is 59.5 Å². The minimum atomic E-state index is -0.238. The molecule has 1 amide bonds. The molecular weight excluding hydrogens is 340 g/mol. The summed E-state index contributed by atoms with van der Waals surface area (Å²) < 4.78 is 10.9. The molecule has 1 unspecified atom stereocenters. The van der Waals surface area contributed by atoms with Crippen LogP contribution in [0.1, 0.15) is 17.9 Å². The zero-order valence-electron chi connectivity index (χ0n) is 13.2. The number of fused-ring (bicyclic) bond motifs is 1. The van der Waals surface area contributed by atoms with Gasteiger partial charge in [0.15, 0.2) is 12.2 Å². The first kappa shape index (κ1) is 15.7. The average molecular weight is 355 g/mol. The molecule has 126 valence electrons. The normalized spacial score (nSPS) is 16.0. The number of nitrogens with zero attached hydrogens (tertiary/aromatic N) is 1. The second kappa shape index (κ2) is 6.61. The van der Waals surface area contributed by atoms with E-state index in [0.717, 1.165) is 16.9 Å². The minimum absolute atomic E-state index is 0.0702. The van der Waals surface area contributed by atoms with Gasteiger partial charge in [0.25, 0.3) is 0 Å². The molecule has 3 aromatic rings. The van der Waals surface area contributed by atoms with E-state index in [9.17, 15) is 4.79 Å². The fourth-order valence-corrected chi connectivity index (χ4v) is 3.26. The van der Waals surface area contributed by atoms with Crippen LogP contribution in [0.5, 0.6) is 5.75 Å². The molecule has 2 heterocycles. The molecular formula is C19H15ClN2O3. The van der Waals surface area contributed by atoms with Gasteiger partial charge in [-0.15, -0.1) is 0 Å². The van der Waals surface area contributed by atoms with Crippen LogP contribution in [0.4, 0.5) is 5.69 Å². The number of carbonyl (C=O) groups is 1. The van der Waals surface area contributed by atoms with Crippen LogP contribution in [-0.4, -0.2) is 17.5 Å². The lowest BCUT2D eigenvalue weighted by molar-refractivity contribution is -0.118. The molecule has 0 fully saturated rings. The van der Waals surface area contributed by atoms with Gasteiger partial charge >= 0.3 is 0 Å². The number of hydrogen-bond donors (Lipinski definition) is 1. The number of amides is 1. The lowest BCUT2D eigenvalue weighted by Gasteiger charge is -2.25. The highest BCUT2D eigenvalue weighted by atomic mass is 35.5. The Kier molecular flexibility index (Phi) is 4.15. The number of benzene rings is 2. The molecule has 0 saturated carbocycles. The first-order valence-electron chi connectivity index (χ1n) is 7.93.